The molecule has 0 saturated carbocycles. The maximum atomic E-state index is 12.1. The first kappa shape index (κ1) is 14.9. The lowest BCUT2D eigenvalue weighted by atomic mass is 10.2. The Morgan fingerprint density at radius 1 is 1.45 bits per heavy atom. The number of hydrogen-bond acceptors (Lipinski definition) is 5. The van der Waals surface area contributed by atoms with E-state index >= 15 is 0 Å². The van der Waals surface area contributed by atoms with Crippen molar-refractivity contribution in [1.82, 2.24) is 14.9 Å². The molecule has 0 bridgehead atoms. The Morgan fingerprint density at radius 3 is 2.85 bits per heavy atom. The molecule has 20 heavy (non-hydrogen) atoms. The molecule has 9 heteroatoms. The molecule has 0 aliphatic heterocycles. The minimum absolute atomic E-state index is 0.102. The first-order valence-corrected chi connectivity index (χ1v) is 7.97. The number of H-pyrrole nitrogens is 1. The standard InChI is InChI=1S/C11H12BrN3O4S/c1-7-2-3-8(12)9(6-7)20(17,18)13-5-4-10-14-11(16)19-15-10/h2-3,6,13H,4-5H2,1H3,(H,14,15,16). The Kier molecular flexibility index (Phi) is 4.41. The average Bonchev–Trinajstić information content (AvgIpc) is 2.78. The van der Waals surface area contributed by atoms with Gasteiger partial charge in [-0.05, 0) is 40.5 Å². The monoisotopic (exact) mass is 361 g/mol. The van der Waals surface area contributed by atoms with E-state index in [4.69, 9.17) is 0 Å². The molecule has 2 N–H and O–H groups in total. The Morgan fingerprint density at radius 2 is 2.20 bits per heavy atom. The highest BCUT2D eigenvalue weighted by molar-refractivity contribution is 9.10. The van der Waals surface area contributed by atoms with Gasteiger partial charge in [0.25, 0.3) is 0 Å². The van der Waals surface area contributed by atoms with Crippen LogP contribution in [-0.2, 0) is 16.4 Å². The zero-order valence-electron chi connectivity index (χ0n) is 10.5. The van der Waals surface area contributed by atoms with Crippen molar-refractivity contribution in [2.24, 2.45) is 0 Å². The van der Waals surface area contributed by atoms with E-state index in [-0.39, 0.29) is 17.9 Å². The summed E-state index contributed by atoms with van der Waals surface area (Å²) in [7, 11) is -3.62. The van der Waals surface area contributed by atoms with Crippen LogP contribution in [0.1, 0.15) is 11.4 Å². The molecule has 7 nitrogen and oxygen atoms in total. The van der Waals surface area contributed by atoms with E-state index < -0.39 is 15.8 Å². The van der Waals surface area contributed by atoms with E-state index in [1.165, 1.54) is 0 Å². The Hall–Kier alpha value is -1.45. The minimum Gasteiger partial charge on any atom is -0.296 e. The molecule has 0 fully saturated rings. The van der Waals surface area contributed by atoms with Gasteiger partial charge in [-0.25, -0.2) is 17.9 Å². The van der Waals surface area contributed by atoms with Crippen LogP contribution in [0.5, 0.6) is 0 Å². The molecule has 1 aromatic carbocycles. The number of halogens is 1. The van der Waals surface area contributed by atoms with Crippen LogP contribution in [0.25, 0.3) is 0 Å². The SMILES string of the molecule is Cc1ccc(Br)c(S(=O)(=O)NCCc2noc(=O)[nH]2)c1. The fourth-order valence-electron chi connectivity index (χ4n) is 1.57. The molecular formula is C11H12BrN3O4S. The molecule has 1 heterocycles. The van der Waals surface area contributed by atoms with E-state index in [0.29, 0.717) is 10.3 Å². The molecule has 0 radical (unpaired) electrons. The highest BCUT2D eigenvalue weighted by Crippen LogP contribution is 2.22. The molecule has 0 saturated heterocycles. The summed E-state index contributed by atoms with van der Waals surface area (Å²) in [5.74, 6) is -0.370. The second-order valence-corrected chi connectivity index (χ2v) is 6.71. The van der Waals surface area contributed by atoms with Crippen LogP contribution >= 0.6 is 15.9 Å². The summed E-state index contributed by atoms with van der Waals surface area (Å²) in [6.45, 7) is 1.91. The first-order chi connectivity index (χ1) is 9.38. The molecule has 0 aliphatic rings. The molecule has 0 unspecified atom stereocenters. The van der Waals surface area contributed by atoms with Crippen LogP contribution in [0, 0.1) is 6.92 Å². The third-order valence-corrected chi connectivity index (χ3v) is 4.97. The quantitative estimate of drug-likeness (QED) is 0.824. The number of aromatic amines is 1. The van der Waals surface area contributed by atoms with Gasteiger partial charge in [-0.3, -0.25) is 9.51 Å². The van der Waals surface area contributed by atoms with Crippen LogP contribution < -0.4 is 10.5 Å². The van der Waals surface area contributed by atoms with Crippen LogP contribution in [0.2, 0.25) is 0 Å². The molecule has 0 aliphatic carbocycles. The van der Waals surface area contributed by atoms with Gasteiger partial charge in [-0.1, -0.05) is 11.2 Å². The van der Waals surface area contributed by atoms with Gasteiger partial charge in [0.15, 0.2) is 5.82 Å². The van der Waals surface area contributed by atoms with Gasteiger partial charge in [-0.15, -0.1) is 0 Å². The van der Waals surface area contributed by atoms with Crippen molar-refractivity contribution in [1.29, 1.82) is 0 Å². The number of aryl methyl sites for hydroxylation is 1. The maximum Gasteiger partial charge on any atom is 0.438 e. The fraction of sp³-hybridized carbons (Fsp3) is 0.273. The molecule has 0 atom stereocenters. The summed E-state index contributed by atoms with van der Waals surface area (Å²) < 4.78 is 31.5. The second-order valence-electron chi connectivity index (χ2n) is 4.12. The molecule has 0 amide bonds. The lowest BCUT2D eigenvalue weighted by Crippen LogP contribution is -2.26. The van der Waals surface area contributed by atoms with E-state index in [1.54, 1.807) is 12.1 Å². The van der Waals surface area contributed by atoms with Gasteiger partial charge >= 0.3 is 5.76 Å². The van der Waals surface area contributed by atoms with Gasteiger partial charge < -0.3 is 0 Å². The van der Waals surface area contributed by atoms with Crippen LogP contribution in [0.3, 0.4) is 0 Å². The summed E-state index contributed by atoms with van der Waals surface area (Å²) in [5.41, 5.74) is 0.842. The van der Waals surface area contributed by atoms with E-state index in [2.05, 4.69) is 35.3 Å². The third kappa shape index (κ3) is 3.56. The summed E-state index contributed by atoms with van der Waals surface area (Å²) in [4.78, 5) is 13.2. The van der Waals surface area contributed by atoms with Crippen LogP contribution in [-0.4, -0.2) is 25.1 Å². The predicted octanol–water partition coefficient (Wildman–Crippen LogP) is 0.955. The maximum absolute atomic E-state index is 12.1. The Bertz CT molecular complexity index is 766. The number of nitrogens with zero attached hydrogens (tertiary/aromatic N) is 1. The van der Waals surface area contributed by atoms with Crippen LogP contribution in [0.4, 0.5) is 0 Å². The van der Waals surface area contributed by atoms with Crippen molar-refractivity contribution in [3.63, 3.8) is 0 Å². The molecule has 1 aromatic heterocycles. The largest absolute Gasteiger partial charge is 0.438 e. The summed E-state index contributed by atoms with van der Waals surface area (Å²) >= 11 is 3.21. The highest BCUT2D eigenvalue weighted by atomic mass is 79.9. The minimum atomic E-state index is -3.62. The molecule has 0 spiro atoms. The number of rotatable bonds is 5. The fourth-order valence-corrected chi connectivity index (χ4v) is 3.64. The lowest BCUT2D eigenvalue weighted by Gasteiger charge is -2.08. The second kappa shape index (κ2) is 5.90. The average molecular weight is 362 g/mol. The van der Waals surface area contributed by atoms with Crippen molar-refractivity contribution in [2.75, 3.05) is 6.54 Å². The number of aromatic nitrogens is 2. The predicted molar refractivity (Wildman–Crippen MR) is 74.9 cm³/mol. The van der Waals surface area contributed by atoms with Gasteiger partial charge in [0, 0.05) is 17.4 Å². The summed E-state index contributed by atoms with van der Waals surface area (Å²) in [6.07, 6.45) is 0.231. The normalized spacial score (nSPS) is 11.7. The van der Waals surface area contributed by atoms with Gasteiger partial charge in [0.05, 0.1) is 4.90 Å². The van der Waals surface area contributed by atoms with Crippen molar-refractivity contribution in [2.45, 2.75) is 18.2 Å². The van der Waals surface area contributed by atoms with E-state index in [9.17, 15) is 13.2 Å². The first-order valence-electron chi connectivity index (χ1n) is 5.69. The van der Waals surface area contributed by atoms with Crippen molar-refractivity contribution in [3.8, 4) is 0 Å². The topological polar surface area (TPSA) is 105 Å². The lowest BCUT2D eigenvalue weighted by molar-refractivity contribution is 0.381. The van der Waals surface area contributed by atoms with E-state index in [0.717, 1.165) is 5.56 Å². The van der Waals surface area contributed by atoms with Gasteiger partial charge in [0.1, 0.15) is 0 Å². The molecule has 2 aromatic rings. The van der Waals surface area contributed by atoms with Crippen molar-refractivity contribution >= 4 is 26.0 Å². The van der Waals surface area contributed by atoms with Crippen LogP contribution in [0.15, 0.2) is 36.9 Å². The van der Waals surface area contributed by atoms with Gasteiger partial charge in [-0.2, -0.15) is 0 Å². The number of sulfonamides is 1. The Balaban J connectivity index is 2.07. The summed E-state index contributed by atoms with van der Waals surface area (Å²) in [5, 5.41) is 3.45. The molecular weight excluding hydrogens is 350 g/mol. The Labute approximate surface area is 123 Å². The number of benzene rings is 1. The zero-order valence-corrected chi connectivity index (χ0v) is 12.9. The number of nitrogens with one attached hydrogen (secondary N) is 2. The zero-order chi connectivity index (χ0) is 14.8. The van der Waals surface area contributed by atoms with Gasteiger partial charge in [0.2, 0.25) is 10.0 Å². The molecule has 2 rings (SSSR count). The smallest absolute Gasteiger partial charge is 0.296 e. The highest BCUT2D eigenvalue weighted by Gasteiger charge is 2.17. The molecule has 108 valence electrons. The van der Waals surface area contributed by atoms with E-state index in [1.807, 2.05) is 13.0 Å². The van der Waals surface area contributed by atoms with Crippen molar-refractivity contribution < 1.29 is 12.9 Å². The van der Waals surface area contributed by atoms with Crippen molar-refractivity contribution in [3.05, 3.63) is 44.6 Å². The number of hydrogen-bond donors (Lipinski definition) is 2. The third-order valence-electron chi connectivity index (χ3n) is 2.52. The summed E-state index contributed by atoms with van der Waals surface area (Å²) in [6, 6.07) is 5.06.